The Bertz CT molecular complexity index is 405. The van der Waals surface area contributed by atoms with Gasteiger partial charge in [-0.25, -0.2) is 0 Å². The molecule has 1 amide bonds. The van der Waals surface area contributed by atoms with E-state index in [2.05, 4.69) is 16.8 Å². The van der Waals surface area contributed by atoms with Crippen molar-refractivity contribution in [3.05, 3.63) is 21.9 Å². The number of hydrogen-bond acceptors (Lipinski definition) is 3. The molecule has 0 saturated heterocycles. The van der Waals surface area contributed by atoms with Crippen molar-refractivity contribution in [2.45, 2.75) is 45.2 Å². The van der Waals surface area contributed by atoms with Crippen molar-refractivity contribution in [2.24, 2.45) is 11.7 Å². The molecule has 2 atom stereocenters. The molecule has 5 heteroatoms. The van der Waals surface area contributed by atoms with E-state index in [1.807, 2.05) is 13.8 Å². The molecule has 3 nitrogen and oxygen atoms in total. The Labute approximate surface area is 119 Å². The Hall–Kier alpha value is -0.580. The molecule has 0 saturated carbocycles. The maximum Gasteiger partial charge on any atom is 0.237 e. The lowest BCUT2D eigenvalue weighted by Gasteiger charge is -2.26. The quantitative estimate of drug-likeness (QED) is 0.898. The minimum atomic E-state index is -0.404. The largest absolute Gasteiger partial charge is 0.348 e. The fourth-order valence-corrected chi connectivity index (χ4v) is 3.19. The van der Waals surface area contributed by atoms with Crippen LogP contribution in [0.2, 0.25) is 0 Å². The van der Waals surface area contributed by atoms with Crippen molar-refractivity contribution in [1.29, 1.82) is 0 Å². The summed E-state index contributed by atoms with van der Waals surface area (Å²) in [5.74, 6) is 0.157. The van der Waals surface area contributed by atoms with E-state index < -0.39 is 6.04 Å². The van der Waals surface area contributed by atoms with Gasteiger partial charge in [0.05, 0.1) is 12.1 Å². The second-order valence-corrected chi connectivity index (χ2v) is 6.02. The molecule has 1 aromatic heterocycles. The summed E-state index contributed by atoms with van der Waals surface area (Å²) in [4.78, 5) is 13.4. The van der Waals surface area contributed by atoms with Crippen LogP contribution in [0.25, 0.3) is 0 Å². The minimum absolute atomic E-state index is 0. The van der Waals surface area contributed by atoms with E-state index in [0.29, 0.717) is 0 Å². The highest BCUT2D eigenvalue weighted by atomic mass is 35.5. The van der Waals surface area contributed by atoms with Crippen molar-refractivity contribution in [2.75, 3.05) is 0 Å². The lowest BCUT2D eigenvalue weighted by Crippen LogP contribution is -2.45. The van der Waals surface area contributed by atoms with Gasteiger partial charge >= 0.3 is 0 Å². The molecule has 1 heterocycles. The van der Waals surface area contributed by atoms with E-state index in [9.17, 15) is 4.79 Å². The average Bonchev–Trinajstić information content (AvgIpc) is 2.76. The molecule has 0 aliphatic heterocycles. The average molecular weight is 289 g/mol. The molecule has 0 aromatic carbocycles. The molecule has 2 rings (SSSR count). The fourth-order valence-electron chi connectivity index (χ4n) is 2.21. The number of amides is 1. The Balaban J connectivity index is 0.00000162. The number of rotatable bonds is 3. The summed E-state index contributed by atoms with van der Waals surface area (Å²) in [5.41, 5.74) is 7.16. The number of fused-ring (bicyclic) bond motifs is 1. The number of nitrogens with one attached hydrogen (secondary N) is 1. The van der Waals surface area contributed by atoms with E-state index in [4.69, 9.17) is 5.73 Å². The van der Waals surface area contributed by atoms with E-state index in [0.717, 1.165) is 19.3 Å². The maximum atomic E-state index is 12.0. The molecule has 3 N–H and O–H groups in total. The zero-order chi connectivity index (χ0) is 12.4. The summed E-state index contributed by atoms with van der Waals surface area (Å²) >= 11 is 1.79. The van der Waals surface area contributed by atoms with Crippen LogP contribution in [0.15, 0.2) is 11.4 Å². The van der Waals surface area contributed by atoms with Gasteiger partial charge in [-0.3, -0.25) is 4.79 Å². The standard InChI is InChI=1S/C13H20N2OS.ClH/c1-8(2)12(14)13(16)15-10-4-3-5-11-9(10)6-7-17-11;/h6-8,10,12H,3-5,14H2,1-2H3,(H,15,16);1H/t10?,12-;/m1./s1. The number of carbonyl (C=O) groups is 1. The molecule has 1 aromatic rings. The van der Waals surface area contributed by atoms with Crippen LogP contribution in [-0.4, -0.2) is 11.9 Å². The van der Waals surface area contributed by atoms with Gasteiger partial charge in [-0.15, -0.1) is 23.7 Å². The van der Waals surface area contributed by atoms with E-state index in [1.165, 1.54) is 10.4 Å². The third-order valence-electron chi connectivity index (χ3n) is 3.39. The van der Waals surface area contributed by atoms with Gasteiger partial charge < -0.3 is 11.1 Å². The summed E-state index contributed by atoms with van der Waals surface area (Å²) in [6.45, 7) is 3.95. The van der Waals surface area contributed by atoms with Crippen LogP contribution in [0.1, 0.15) is 43.2 Å². The monoisotopic (exact) mass is 288 g/mol. The van der Waals surface area contributed by atoms with Gasteiger partial charge in [0.25, 0.3) is 0 Å². The third-order valence-corrected chi connectivity index (χ3v) is 4.39. The molecule has 1 aliphatic rings. The van der Waals surface area contributed by atoms with Crippen LogP contribution in [-0.2, 0) is 11.2 Å². The molecule has 0 spiro atoms. The number of halogens is 1. The van der Waals surface area contributed by atoms with E-state index >= 15 is 0 Å². The molecular weight excluding hydrogens is 268 g/mol. The predicted octanol–water partition coefficient (Wildman–Crippen LogP) is 2.65. The Morgan fingerprint density at radius 2 is 2.28 bits per heavy atom. The van der Waals surface area contributed by atoms with Crippen molar-refractivity contribution in [3.8, 4) is 0 Å². The number of nitrogens with two attached hydrogens (primary N) is 1. The summed E-state index contributed by atoms with van der Waals surface area (Å²) in [7, 11) is 0. The molecular formula is C13H21ClN2OS. The summed E-state index contributed by atoms with van der Waals surface area (Å²) in [5, 5.41) is 5.19. The Morgan fingerprint density at radius 1 is 1.56 bits per heavy atom. The van der Waals surface area contributed by atoms with Crippen molar-refractivity contribution >= 4 is 29.7 Å². The van der Waals surface area contributed by atoms with Crippen molar-refractivity contribution < 1.29 is 4.79 Å². The van der Waals surface area contributed by atoms with Gasteiger partial charge in [-0.1, -0.05) is 13.8 Å². The van der Waals surface area contributed by atoms with Crippen molar-refractivity contribution in [1.82, 2.24) is 5.32 Å². The summed E-state index contributed by atoms with van der Waals surface area (Å²) in [6.07, 6.45) is 3.32. The third kappa shape index (κ3) is 3.25. The molecule has 0 radical (unpaired) electrons. The number of thiophene rings is 1. The highest BCUT2D eigenvalue weighted by Gasteiger charge is 2.25. The molecule has 18 heavy (non-hydrogen) atoms. The minimum Gasteiger partial charge on any atom is -0.348 e. The van der Waals surface area contributed by atoms with Crippen molar-refractivity contribution in [3.63, 3.8) is 0 Å². The zero-order valence-electron chi connectivity index (χ0n) is 10.8. The number of hydrogen-bond donors (Lipinski definition) is 2. The van der Waals surface area contributed by atoms with Gasteiger partial charge in [-0.05, 0) is 42.2 Å². The first-order valence-electron chi connectivity index (χ1n) is 6.22. The van der Waals surface area contributed by atoms with Crippen LogP contribution in [0.4, 0.5) is 0 Å². The van der Waals surface area contributed by atoms with Gasteiger partial charge in [0.15, 0.2) is 0 Å². The van der Waals surface area contributed by atoms with Crippen LogP contribution in [0.5, 0.6) is 0 Å². The van der Waals surface area contributed by atoms with Gasteiger partial charge in [0.1, 0.15) is 0 Å². The van der Waals surface area contributed by atoms with Crippen LogP contribution in [0, 0.1) is 5.92 Å². The Morgan fingerprint density at radius 3 is 2.94 bits per heavy atom. The van der Waals surface area contributed by atoms with Gasteiger partial charge in [0, 0.05) is 4.88 Å². The lowest BCUT2D eigenvalue weighted by molar-refractivity contribution is -0.124. The fraction of sp³-hybridized carbons (Fsp3) is 0.615. The smallest absolute Gasteiger partial charge is 0.237 e. The normalized spacial score (nSPS) is 19.9. The van der Waals surface area contributed by atoms with Crippen LogP contribution < -0.4 is 11.1 Å². The number of aryl methyl sites for hydroxylation is 1. The highest BCUT2D eigenvalue weighted by molar-refractivity contribution is 7.10. The first-order valence-corrected chi connectivity index (χ1v) is 7.09. The molecule has 1 unspecified atom stereocenters. The summed E-state index contributed by atoms with van der Waals surface area (Å²) in [6, 6.07) is 1.90. The van der Waals surface area contributed by atoms with Crippen LogP contribution >= 0.6 is 23.7 Å². The first kappa shape index (κ1) is 15.5. The first-order chi connectivity index (χ1) is 8.09. The second-order valence-electron chi connectivity index (χ2n) is 5.02. The predicted molar refractivity (Wildman–Crippen MR) is 78.2 cm³/mol. The molecule has 1 aliphatic carbocycles. The maximum absolute atomic E-state index is 12.0. The van der Waals surface area contributed by atoms with E-state index in [-0.39, 0.29) is 30.3 Å². The van der Waals surface area contributed by atoms with Gasteiger partial charge in [0.2, 0.25) is 5.91 Å². The zero-order valence-corrected chi connectivity index (χ0v) is 12.4. The highest BCUT2D eigenvalue weighted by Crippen LogP contribution is 2.33. The SMILES string of the molecule is CC(C)[C@@H](N)C(=O)NC1CCCc2sccc21.Cl. The second kappa shape index (κ2) is 6.55. The number of carbonyl (C=O) groups excluding carboxylic acids is 1. The topological polar surface area (TPSA) is 55.1 Å². The Kier molecular flexibility index (Phi) is 5.63. The lowest BCUT2D eigenvalue weighted by atomic mass is 9.93. The molecule has 0 fully saturated rings. The van der Waals surface area contributed by atoms with Gasteiger partial charge in [-0.2, -0.15) is 0 Å². The molecule has 102 valence electrons. The van der Waals surface area contributed by atoms with Crippen LogP contribution in [0.3, 0.4) is 0 Å². The van der Waals surface area contributed by atoms with E-state index in [1.54, 1.807) is 11.3 Å². The summed E-state index contributed by atoms with van der Waals surface area (Å²) < 4.78 is 0. The molecule has 0 bridgehead atoms.